The first-order valence-corrected chi connectivity index (χ1v) is 11.9. The molecule has 3 rings (SSSR count). The Labute approximate surface area is 193 Å². The predicted molar refractivity (Wildman–Crippen MR) is 128 cm³/mol. The van der Waals surface area contributed by atoms with E-state index in [0.29, 0.717) is 17.4 Å². The standard InChI is InChI=1S/C24H25ClN2O4S/c1-17(2)18-9-11-19(12-10-18)26-24(28)16-27(20-13-14-23(31-3)22(25)15-20)32(29,30)21-7-5-4-6-8-21/h4-15,17H,16H2,1-3H3,(H,26,28). The Hall–Kier alpha value is -3.03. The van der Waals surface area contributed by atoms with E-state index in [-0.39, 0.29) is 15.6 Å². The maximum absolute atomic E-state index is 13.4. The Morgan fingerprint density at radius 1 is 1.03 bits per heavy atom. The van der Waals surface area contributed by atoms with Gasteiger partial charge in [0.15, 0.2) is 0 Å². The average molecular weight is 473 g/mol. The molecule has 0 aliphatic rings. The van der Waals surface area contributed by atoms with Gasteiger partial charge < -0.3 is 10.1 Å². The van der Waals surface area contributed by atoms with Gasteiger partial charge in [-0.05, 0) is 53.9 Å². The van der Waals surface area contributed by atoms with Crippen LogP contribution in [0.1, 0.15) is 25.3 Å². The second-order valence-electron chi connectivity index (χ2n) is 7.47. The van der Waals surface area contributed by atoms with Crippen molar-refractivity contribution in [2.45, 2.75) is 24.7 Å². The highest BCUT2D eigenvalue weighted by atomic mass is 35.5. The first-order chi connectivity index (χ1) is 15.2. The summed E-state index contributed by atoms with van der Waals surface area (Å²) < 4.78 is 32.9. The Balaban J connectivity index is 1.92. The highest BCUT2D eigenvalue weighted by molar-refractivity contribution is 7.92. The van der Waals surface area contributed by atoms with Gasteiger partial charge in [-0.3, -0.25) is 9.10 Å². The van der Waals surface area contributed by atoms with Gasteiger partial charge in [0.05, 0.1) is 22.7 Å². The van der Waals surface area contributed by atoms with Crippen molar-refractivity contribution in [3.05, 3.63) is 83.4 Å². The van der Waals surface area contributed by atoms with E-state index in [9.17, 15) is 13.2 Å². The maximum atomic E-state index is 13.4. The average Bonchev–Trinajstić information content (AvgIpc) is 2.78. The SMILES string of the molecule is COc1ccc(N(CC(=O)Nc2ccc(C(C)C)cc2)S(=O)(=O)c2ccccc2)cc1Cl. The van der Waals surface area contributed by atoms with Crippen LogP contribution in [0.3, 0.4) is 0 Å². The van der Waals surface area contributed by atoms with Gasteiger partial charge in [0, 0.05) is 5.69 Å². The molecule has 0 atom stereocenters. The van der Waals surface area contributed by atoms with Gasteiger partial charge in [0.2, 0.25) is 5.91 Å². The Kier molecular flexibility index (Phi) is 7.43. The zero-order valence-electron chi connectivity index (χ0n) is 18.1. The second kappa shape index (κ2) is 10.1. The summed E-state index contributed by atoms with van der Waals surface area (Å²) in [5, 5.41) is 3.01. The fraction of sp³-hybridized carbons (Fsp3) is 0.208. The lowest BCUT2D eigenvalue weighted by Crippen LogP contribution is -2.38. The van der Waals surface area contributed by atoms with Crippen molar-refractivity contribution in [2.24, 2.45) is 0 Å². The molecule has 0 saturated carbocycles. The van der Waals surface area contributed by atoms with Crippen LogP contribution in [-0.4, -0.2) is 28.0 Å². The summed E-state index contributed by atoms with van der Waals surface area (Å²) in [7, 11) is -2.55. The molecule has 1 amide bonds. The first-order valence-electron chi connectivity index (χ1n) is 10.0. The van der Waals surface area contributed by atoms with Gasteiger partial charge in [0.25, 0.3) is 10.0 Å². The monoisotopic (exact) mass is 472 g/mol. The van der Waals surface area contributed by atoms with Crippen LogP contribution in [0.15, 0.2) is 77.7 Å². The summed E-state index contributed by atoms with van der Waals surface area (Å²) in [4.78, 5) is 12.9. The number of halogens is 1. The molecule has 0 saturated heterocycles. The highest BCUT2D eigenvalue weighted by Crippen LogP contribution is 2.32. The molecule has 32 heavy (non-hydrogen) atoms. The van der Waals surface area contributed by atoms with Crippen LogP contribution in [0.4, 0.5) is 11.4 Å². The third-order valence-corrected chi connectivity index (χ3v) is 6.99. The van der Waals surface area contributed by atoms with E-state index in [2.05, 4.69) is 19.2 Å². The van der Waals surface area contributed by atoms with E-state index in [1.165, 1.54) is 25.3 Å². The summed E-state index contributed by atoms with van der Waals surface area (Å²) in [6.07, 6.45) is 0. The maximum Gasteiger partial charge on any atom is 0.264 e. The van der Waals surface area contributed by atoms with Gasteiger partial charge in [-0.25, -0.2) is 8.42 Å². The predicted octanol–water partition coefficient (Wildman–Crippen LogP) is 5.31. The van der Waals surface area contributed by atoms with Crippen LogP contribution in [0.2, 0.25) is 5.02 Å². The van der Waals surface area contributed by atoms with Crippen molar-refractivity contribution >= 4 is 38.9 Å². The number of rotatable bonds is 8. The van der Waals surface area contributed by atoms with Crippen molar-refractivity contribution in [3.8, 4) is 5.75 Å². The molecule has 1 N–H and O–H groups in total. The van der Waals surface area contributed by atoms with Crippen molar-refractivity contribution in [1.29, 1.82) is 0 Å². The molecular formula is C24H25ClN2O4S. The number of ether oxygens (including phenoxy) is 1. The largest absolute Gasteiger partial charge is 0.495 e. The number of hydrogen-bond donors (Lipinski definition) is 1. The lowest BCUT2D eigenvalue weighted by Gasteiger charge is -2.24. The Morgan fingerprint density at radius 3 is 2.25 bits per heavy atom. The zero-order chi connectivity index (χ0) is 23.3. The number of sulfonamides is 1. The number of hydrogen-bond acceptors (Lipinski definition) is 4. The van der Waals surface area contributed by atoms with Gasteiger partial charge >= 0.3 is 0 Å². The number of nitrogens with zero attached hydrogens (tertiary/aromatic N) is 1. The number of benzene rings is 3. The van der Waals surface area contributed by atoms with Crippen molar-refractivity contribution in [3.63, 3.8) is 0 Å². The van der Waals surface area contributed by atoms with Gasteiger partial charge in [0.1, 0.15) is 12.3 Å². The normalized spacial score (nSPS) is 11.3. The lowest BCUT2D eigenvalue weighted by molar-refractivity contribution is -0.114. The molecule has 0 heterocycles. The van der Waals surface area contributed by atoms with E-state index in [1.807, 2.05) is 12.1 Å². The van der Waals surface area contributed by atoms with Crippen LogP contribution < -0.4 is 14.4 Å². The molecule has 0 radical (unpaired) electrons. The summed E-state index contributed by atoms with van der Waals surface area (Å²) in [6.45, 7) is 3.74. The molecule has 0 spiro atoms. The molecule has 168 valence electrons. The third-order valence-electron chi connectivity index (χ3n) is 4.90. The van der Waals surface area contributed by atoms with Crippen LogP contribution in [0.5, 0.6) is 5.75 Å². The van der Waals surface area contributed by atoms with E-state index in [0.717, 1.165) is 9.87 Å². The number of methoxy groups -OCH3 is 1. The lowest BCUT2D eigenvalue weighted by atomic mass is 10.0. The van der Waals surface area contributed by atoms with Crippen molar-refractivity contribution < 1.29 is 17.9 Å². The number of nitrogens with one attached hydrogen (secondary N) is 1. The summed E-state index contributed by atoms with van der Waals surface area (Å²) in [5.74, 6) is 0.294. The fourth-order valence-corrected chi connectivity index (χ4v) is 4.81. The number of amides is 1. The number of anilines is 2. The van der Waals surface area contributed by atoms with Crippen LogP contribution >= 0.6 is 11.6 Å². The minimum Gasteiger partial charge on any atom is -0.495 e. The summed E-state index contributed by atoms with van der Waals surface area (Å²) >= 11 is 6.23. The van der Waals surface area contributed by atoms with Gasteiger partial charge in [-0.15, -0.1) is 0 Å². The molecule has 0 aliphatic carbocycles. The van der Waals surface area contributed by atoms with Crippen molar-refractivity contribution in [1.82, 2.24) is 0 Å². The van der Waals surface area contributed by atoms with E-state index in [1.54, 1.807) is 42.5 Å². The van der Waals surface area contributed by atoms with Crippen LogP contribution in [-0.2, 0) is 14.8 Å². The van der Waals surface area contributed by atoms with Gasteiger partial charge in [-0.1, -0.05) is 55.8 Å². The summed E-state index contributed by atoms with van der Waals surface area (Å²) in [6, 6.07) is 20.0. The minimum atomic E-state index is -4.02. The Morgan fingerprint density at radius 2 is 1.69 bits per heavy atom. The van der Waals surface area contributed by atoms with E-state index >= 15 is 0 Å². The van der Waals surface area contributed by atoms with Crippen LogP contribution in [0.25, 0.3) is 0 Å². The fourth-order valence-electron chi connectivity index (χ4n) is 3.13. The van der Waals surface area contributed by atoms with Gasteiger partial charge in [-0.2, -0.15) is 0 Å². The second-order valence-corrected chi connectivity index (χ2v) is 9.74. The third kappa shape index (κ3) is 5.41. The smallest absolute Gasteiger partial charge is 0.264 e. The molecule has 0 aromatic heterocycles. The molecule has 6 nitrogen and oxygen atoms in total. The molecule has 3 aromatic carbocycles. The Bertz CT molecular complexity index is 1180. The molecule has 0 fully saturated rings. The molecule has 8 heteroatoms. The molecule has 0 aliphatic heterocycles. The molecule has 3 aromatic rings. The van der Waals surface area contributed by atoms with Crippen molar-refractivity contribution in [2.75, 3.05) is 23.3 Å². The highest BCUT2D eigenvalue weighted by Gasteiger charge is 2.27. The van der Waals surface area contributed by atoms with Crippen LogP contribution in [0, 0.1) is 0 Å². The quantitative estimate of drug-likeness (QED) is 0.482. The zero-order valence-corrected chi connectivity index (χ0v) is 19.7. The minimum absolute atomic E-state index is 0.0704. The number of carbonyl (C=O) groups is 1. The van der Waals surface area contributed by atoms with E-state index < -0.39 is 22.5 Å². The first kappa shape index (κ1) is 23.6. The molecule has 0 unspecified atom stereocenters. The summed E-state index contributed by atoms with van der Waals surface area (Å²) in [5.41, 5.74) is 1.98. The molecular weight excluding hydrogens is 448 g/mol. The number of carbonyl (C=O) groups excluding carboxylic acids is 1. The molecule has 0 bridgehead atoms. The van der Waals surface area contributed by atoms with E-state index in [4.69, 9.17) is 16.3 Å². The topological polar surface area (TPSA) is 75.7 Å².